The predicted molar refractivity (Wildman–Crippen MR) is 48.9 cm³/mol. The number of hydrogen-bond acceptors (Lipinski definition) is 4. The number of halogens is 6. The van der Waals surface area contributed by atoms with E-state index in [-0.39, 0.29) is 21.6 Å². The minimum atomic E-state index is -1.84. The summed E-state index contributed by atoms with van der Waals surface area (Å²) < 4.78 is 83.8. The Hall–Kier alpha value is -1.16. The van der Waals surface area contributed by atoms with Gasteiger partial charge < -0.3 is 8.83 Å². The highest BCUT2D eigenvalue weighted by Crippen LogP contribution is 2.42. The van der Waals surface area contributed by atoms with Gasteiger partial charge in [-0.2, -0.15) is 26.3 Å². The molecule has 0 radical (unpaired) electrons. The summed E-state index contributed by atoms with van der Waals surface area (Å²) in [5.74, 6) is -6.93. The van der Waals surface area contributed by atoms with Crippen molar-refractivity contribution in [2.75, 3.05) is 0 Å². The fraction of sp³-hybridized carbons (Fsp3) is 0. The van der Waals surface area contributed by atoms with Crippen LogP contribution in [-0.4, -0.2) is 0 Å². The molecule has 0 saturated heterocycles. The molecule has 2 aromatic rings. The Morgan fingerprint density at radius 2 is 0.889 bits per heavy atom. The molecular weight excluding hydrogens is 306 g/mol. The van der Waals surface area contributed by atoms with Gasteiger partial charge in [-0.25, -0.2) is 0 Å². The Balaban J connectivity index is 2.16. The van der Waals surface area contributed by atoms with Crippen LogP contribution < -0.4 is 0 Å². The molecule has 0 bridgehead atoms. The largest absolute Gasteiger partial charge is 0.418 e. The van der Waals surface area contributed by atoms with Crippen LogP contribution in [0.15, 0.2) is 19.0 Å². The molecule has 0 aliphatic heterocycles. The van der Waals surface area contributed by atoms with Gasteiger partial charge in [0, 0.05) is 0 Å². The first-order chi connectivity index (χ1) is 8.41. The van der Waals surface area contributed by atoms with E-state index in [1.165, 1.54) is 0 Å². The van der Waals surface area contributed by atoms with Crippen molar-refractivity contribution in [3.63, 3.8) is 0 Å². The Morgan fingerprint density at radius 3 is 1.11 bits per heavy atom. The van der Waals surface area contributed by atoms with Gasteiger partial charge in [0.15, 0.2) is 0 Å². The van der Waals surface area contributed by atoms with Gasteiger partial charge >= 0.3 is 12.0 Å². The van der Waals surface area contributed by atoms with E-state index in [9.17, 15) is 26.3 Å². The second kappa shape index (κ2) is 4.84. The van der Waals surface area contributed by atoms with Gasteiger partial charge in [0.2, 0.25) is 33.5 Å². The summed E-state index contributed by atoms with van der Waals surface area (Å²) in [6.07, 6.45) is 0. The average molecular weight is 306 g/mol. The summed E-state index contributed by atoms with van der Waals surface area (Å²) in [6.45, 7) is 0. The van der Waals surface area contributed by atoms with Crippen molar-refractivity contribution in [2.24, 2.45) is 0 Å². The fourth-order valence-electron chi connectivity index (χ4n) is 0.877. The second-order valence-corrected chi connectivity index (χ2v) is 4.82. The van der Waals surface area contributed by atoms with Crippen LogP contribution in [0.25, 0.3) is 0 Å². The predicted octanol–water partition coefficient (Wildman–Crippen LogP) is 4.51. The lowest BCUT2D eigenvalue weighted by atomic mass is 10.6. The molecule has 0 aliphatic carbocycles. The third-order valence-corrected chi connectivity index (χ3v) is 3.72. The molecule has 0 N–H and O–H groups in total. The van der Waals surface area contributed by atoms with Crippen LogP contribution >= 0.6 is 21.6 Å². The van der Waals surface area contributed by atoms with Crippen molar-refractivity contribution in [3.8, 4) is 0 Å². The molecule has 0 saturated carbocycles. The lowest BCUT2D eigenvalue weighted by Crippen LogP contribution is -1.78. The van der Waals surface area contributed by atoms with Crippen LogP contribution in [-0.2, 0) is 0 Å². The zero-order valence-corrected chi connectivity index (χ0v) is 9.53. The van der Waals surface area contributed by atoms with Crippen molar-refractivity contribution in [2.45, 2.75) is 10.2 Å². The summed E-state index contributed by atoms with van der Waals surface area (Å²) in [6, 6.07) is -3.57. The summed E-state index contributed by atoms with van der Waals surface area (Å²) in [5.41, 5.74) is 0. The lowest BCUT2D eigenvalue weighted by Gasteiger charge is -1.93. The molecular formula is C8F6O2S2. The SMILES string of the molecule is Fc1oc(SSc2oc(F)c(F)c2F)c(F)c1F. The van der Waals surface area contributed by atoms with E-state index < -0.39 is 45.5 Å². The highest BCUT2D eigenvalue weighted by molar-refractivity contribution is 8.76. The van der Waals surface area contributed by atoms with Crippen molar-refractivity contribution < 1.29 is 35.2 Å². The Kier molecular flexibility index (Phi) is 3.57. The van der Waals surface area contributed by atoms with E-state index in [4.69, 9.17) is 0 Å². The maximum absolute atomic E-state index is 12.9. The second-order valence-electron chi connectivity index (χ2n) is 2.75. The van der Waals surface area contributed by atoms with E-state index in [0.717, 1.165) is 0 Å². The number of furan rings is 2. The molecule has 0 unspecified atom stereocenters. The molecule has 0 fully saturated rings. The maximum Gasteiger partial charge on any atom is 0.318 e. The third kappa shape index (κ3) is 2.21. The summed E-state index contributed by atoms with van der Waals surface area (Å²) in [7, 11) is 0.399. The highest BCUT2D eigenvalue weighted by atomic mass is 33.1. The molecule has 0 aliphatic rings. The monoisotopic (exact) mass is 306 g/mol. The quantitative estimate of drug-likeness (QED) is 0.616. The van der Waals surface area contributed by atoms with Crippen molar-refractivity contribution >= 4 is 21.6 Å². The van der Waals surface area contributed by atoms with Gasteiger partial charge in [-0.15, -0.1) is 0 Å². The van der Waals surface area contributed by atoms with E-state index in [1.54, 1.807) is 0 Å². The molecule has 0 spiro atoms. The van der Waals surface area contributed by atoms with Gasteiger partial charge in [0.25, 0.3) is 0 Å². The van der Waals surface area contributed by atoms with Crippen molar-refractivity contribution in [1.29, 1.82) is 0 Å². The molecule has 2 nitrogen and oxygen atoms in total. The van der Waals surface area contributed by atoms with Crippen molar-refractivity contribution in [3.05, 3.63) is 35.3 Å². The van der Waals surface area contributed by atoms with Crippen LogP contribution in [0.1, 0.15) is 0 Å². The van der Waals surface area contributed by atoms with E-state index >= 15 is 0 Å². The molecule has 0 amide bonds. The Bertz CT molecular complexity index is 541. The summed E-state index contributed by atoms with van der Waals surface area (Å²) in [4.78, 5) is 0. The average Bonchev–Trinajstić information content (AvgIpc) is 2.72. The molecule has 10 heteroatoms. The molecule has 2 heterocycles. The Labute approximate surface area is 103 Å². The lowest BCUT2D eigenvalue weighted by molar-refractivity contribution is 0.289. The molecule has 2 aromatic heterocycles. The molecule has 0 aromatic carbocycles. The number of rotatable bonds is 3. The van der Waals surface area contributed by atoms with Crippen molar-refractivity contribution in [1.82, 2.24) is 0 Å². The van der Waals surface area contributed by atoms with Gasteiger partial charge in [-0.05, 0) is 21.6 Å². The van der Waals surface area contributed by atoms with Crippen LogP contribution in [0.4, 0.5) is 26.3 Å². The maximum atomic E-state index is 12.9. The van der Waals surface area contributed by atoms with Crippen LogP contribution in [0, 0.1) is 35.3 Å². The van der Waals surface area contributed by atoms with Gasteiger partial charge in [0.05, 0.1) is 0 Å². The van der Waals surface area contributed by atoms with E-state index in [1.807, 2.05) is 0 Å². The van der Waals surface area contributed by atoms with Gasteiger partial charge in [0.1, 0.15) is 0 Å². The van der Waals surface area contributed by atoms with E-state index in [2.05, 4.69) is 8.83 Å². The minimum absolute atomic E-state index is 0.199. The smallest absolute Gasteiger partial charge is 0.318 e. The summed E-state index contributed by atoms with van der Waals surface area (Å²) in [5, 5.41) is -1.71. The summed E-state index contributed by atoms with van der Waals surface area (Å²) >= 11 is 0. The van der Waals surface area contributed by atoms with Crippen LogP contribution in [0.2, 0.25) is 0 Å². The normalized spacial score (nSPS) is 11.2. The Morgan fingerprint density at radius 1 is 0.556 bits per heavy atom. The highest BCUT2D eigenvalue weighted by Gasteiger charge is 2.25. The first-order valence-corrected chi connectivity index (χ1v) is 6.18. The molecule has 18 heavy (non-hydrogen) atoms. The fourth-order valence-corrected chi connectivity index (χ4v) is 2.67. The van der Waals surface area contributed by atoms with Crippen LogP contribution in [0.3, 0.4) is 0 Å². The van der Waals surface area contributed by atoms with Gasteiger partial charge in [-0.3, -0.25) is 0 Å². The standard InChI is InChI=1S/C8F6O2S2/c9-1-3(11)7(15-5(1)13)17-18-8-4(12)2(10)6(14)16-8. The van der Waals surface area contributed by atoms with Crippen LogP contribution in [0.5, 0.6) is 0 Å². The topological polar surface area (TPSA) is 26.3 Å². The minimum Gasteiger partial charge on any atom is -0.418 e. The first-order valence-electron chi connectivity index (χ1n) is 4.03. The van der Waals surface area contributed by atoms with Gasteiger partial charge in [-0.1, -0.05) is 0 Å². The number of hydrogen-bond donors (Lipinski definition) is 0. The first kappa shape index (κ1) is 13.3. The van der Waals surface area contributed by atoms with E-state index in [0.29, 0.717) is 0 Å². The zero-order valence-electron chi connectivity index (χ0n) is 7.90. The molecule has 0 atom stereocenters. The third-order valence-electron chi connectivity index (χ3n) is 1.65. The molecule has 2 rings (SSSR count). The zero-order chi connectivity index (χ0) is 13.4. The molecule has 98 valence electrons.